The van der Waals surface area contributed by atoms with Crippen LogP contribution in [0.5, 0.6) is 0 Å². The smallest absolute Gasteiger partial charge is 0.264 e. The van der Waals surface area contributed by atoms with Gasteiger partial charge in [0.1, 0.15) is 6.54 Å². The molecule has 37 heavy (non-hydrogen) atoms. The number of carbonyl (C=O) groups is 1. The first kappa shape index (κ1) is 26.2. The van der Waals surface area contributed by atoms with Crippen LogP contribution in [0.25, 0.3) is 0 Å². The summed E-state index contributed by atoms with van der Waals surface area (Å²) < 4.78 is 28.8. The van der Waals surface area contributed by atoms with Crippen molar-refractivity contribution in [3.8, 4) is 0 Å². The predicted octanol–water partition coefficient (Wildman–Crippen LogP) is 6.02. The minimum atomic E-state index is -3.99. The monoisotopic (exact) mass is 512 g/mol. The molecule has 0 radical (unpaired) electrons. The van der Waals surface area contributed by atoms with Gasteiger partial charge < -0.3 is 5.32 Å². The van der Waals surface area contributed by atoms with Crippen molar-refractivity contribution in [2.75, 3.05) is 10.8 Å². The molecular formula is C31H32N2O3S. The third-order valence-electron chi connectivity index (χ3n) is 6.52. The first-order chi connectivity index (χ1) is 17.6. The summed E-state index contributed by atoms with van der Waals surface area (Å²) in [5.41, 5.74) is 6.35. The average Bonchev–Trinajstić information content (AvgIpc) is 2.89. The molecule has 4 rings (SSSR count). The van der Waals surface area contributed by atoms with E-state index in [9.17, 15) is 13.2 Å². The van der Waals surface area contributed by atoms with Crippen LogP contribution in [0.4, 0.5) is 5.69 Å². The molecule has 0 unspecified atom stereocenters. The van der Waals surface area contributed by atoms with Crippen molar-refractivity contribution in [3.63, 3.8) is 0 Å². The molecule has 0 bridgehead atoms. The fraction of sp³-hybridized carbons (Fsp3) is 0.194. The molecule has 0 aliphatic carbocycles. The van der Waals surface area contributed by atoms with E-state index in [-0.39, 0.29) is 11.4 Å². The van der Waals surface area contributed by atoms with Gasteiger partial charge in [0.05, 0.1) is 16.6 Å². The maximum Gasteiger partial charge on any atom is 0.264 e. The Morgan fingerprint density at radius 3 is 1.89 bits per heavy atom. The SMILES string of the molecule is Cc1ccc([C@H](NC(=O)CN(c2ccc(C)c(C)c2)S(=O)(=O)c2ccc(C)cc2)c2ccccc2)cc1. The highest BCUT2D eigenvalue weighted by Gasteiger charge is 2.28. The van der Waals surface area contributed by atoms with Gasteiger partial charge in [-0.1, -0.05) is 83.9 Å². The second-order valence-electron chi connectivity index (χ2n) is 9.42. The molecule has 6 heteroatoms. The first-order valence-corrected chi connectivity index (χ1v) is 13.7. The number of nitrogens with one attached hydrogen (secondary N) is 1. The Kier molecular flexibility index (Phi) is 7.79. The molecule has 190 valence electrons. The number of carbonyl (C=O) groups excluding carboxylic acids is 1. The number of rotatable bonds is 8. The zero-order valence-corrected chi connectivity index (χ0v) is 22.4. The van der Waals surface area contributed by atoms with Crippen molar-refractivity contribution >= 4 is 21.6 Å². The summed E-state index contributed by atoms with van der Waals surface area (Å²) in [4.78, 5) is 13.7. The van der Waals surface area contributed by atoms with Gasteiger partial charge in [-0.05, 0) is 74.2 Å². The van der Waals surface area contributed by atoms with Gasteiger partial charge in [-0.3, -0.25) is 9.10 Å². The largest absolute Gasteiger partial charge is 0.344 e. The lowest BCUT2D eigenvalue weighted by Gasteiger charge is -2.27. The first-order valence-electron chi connectivity index (χ1n) is 12.2. The minimum absolute atomic E-state index is 0.141. The summed E-state index contributed by atoms with van der Waals surface area (Å²) in [6.07, 6.45) is 0. The highest BCUT2D eigenvalue weighted by molar-refractivity contribution is 7.92. The van der Waals surface area contributed by atoms with Crippen molar-refractivity contribution in [1.82, 2.24) is 5.32 Å². The van der Waals surface area contributed by atoms with E-state index in [0.29, 0.717) is 5.69 Å². The Morgan fingerprint density at radius 2 is 1.30 bits per heavy atom. The summed E-state index contributed by atoms with van der Waals surface area (Å²) in [5.74, 6) is -0.400. The van der Waals surface area contributed by atoms with Gasteiger partial charge in [-0.25, -0.2) is 8.42 Å². The Morgan fingerprint density at radius 1 is 0.730 bits per heavy atom. The highest BCUT2D eigenvalue weighted by Crippen LogP contribution is 2.27. The molecule has 0 saturated heterocycles. The normalized spacial score (nSPS) is 12.1. The molecule has 0 spiro atoms. The molecule has 1 atom stereocenters. The number of benzene rings is 4. The van der Waals surface area contributed by atoms with Crippen LogP contribution in [0.1, 0.15) is 39.4 Å². The topological polar surface area (TPSA) is 66.5 Å². The van der Waals surface area contributed by atoms with E-state index >= 15 is 0 Å². The van der Waals surface area contributed by atoms with E-state index in [1.165, 1.54) is 4.31 Å². The van der Waals surface area contributed by atoms with E-state index in [2.05, 4.69) is 5.32 Å². The maximum absolute atomic E-state index is 13.8. The van der Waals surface area contributed by atoms with E-state index in [0.717, 1.165) is 33.4 Å². The number of amides is 1. The van der Waals surface area contributed by atoms with Gasteiger partial charge in [0, 0.05) is 0 Å². The molecule has 0 aromatic heterocycles. The predicted molar refractivity (Wildman–Crippen MR) is 149 cm³/mol. The zero-order valence-electron chi connectivity index (χ0n) is 21.6. The van der Waals surface area contributed by atoms with Crippen molar-refractivity contribution in [2.45, 2.75) is 38.6 Å². The summed E-state index contributed by atoms with van der Waals surface area (Å²) >= 11 is 0. The highest BCUT2D eigenvalue weighted by atomic mass is 32.2. The molecule has 1 N–H and O–H groups in total. The molecule has 0 aliphatic rings. The summed E-state index contributed by atoms with van der Waals surface area (Å²) in [6, 6.07) is 29.3. The number of hydrogen-bond acceptors (Lipinski definition) is 3. The van der Waals surface area contributed by atoms with Crippen molar-refractivity contribution < 1.29 is 13.2 Å². The van der Waals surface area contributed by atoms with Crippen molar-refractivity contribution in [3.05, 3.63) is 130 Å². The van der Waals surface area contributed by atoms with Gasteiger partial charge >= 0.3 is 0 Å². The van der Waals surface area contributed by atoms with Crippen LogP contribution in [-0.4, -0.2) is 20.9 Å². The minimum Gasteiger partial charge on any atom is -0.344 e. The maximum atomic E-state index is 13.8. The second-order valence-corrected chi connectivity index (χ2v) is 11.3. The lowest BCUT2D eigenvalue weighted by atomic mass is 9.98. The van der Waals surface area contributed by atoms with E-state index in [1.807, 2.05) is 94.4 Å². The molecule has 0 fully saturated rings. The summed E-state index contributed by atoms with van der Waals surface area (Å²) in [7, 11) is -3.99. The van der Waals surface area contributed by atoms with Crippen LogP contribution in [0, 0.1) is 27.7 Å². The molecule has 1 amide bonds. The summed E-state index contributed by atoms with van der Waals surface area (Å²) in [5, 5.41) is 3.08. The molecule has 0 aliphatic heterocycles. The molecule has 5 nitrogen and oxygen atoms in total. The number of aryl methyl sites for hydroxylation is 4. The Labute approximate surface area is 219 Å². The van der Waals surface area contributed by atoms with Crippen molar-refractivity contribution in [2.24, 2.45) is 0 Å². The van der Waals surface area contributed by atoms with Gasteiger partial charge in [-0.15, -0.1) is 0 Å². The van der Waals surface area contributed by atoms with Gasteiger partial charge in [0.2, 0.25) is 5.91 Å². The van der Waals surface area contributed by atoms with Gasteiger partial charge in [0.15, 0.2) is 0 Å². The average molecular weight is 513 g/mol. The van der Waals surface area contributed by atoms with E-state index < -0.39 is 22.0 Å². The van der Waals surface area contributed by atoms with Crippen LogP contribution < -0.4 is 9.62 Å². The van der Waals surface area contributed by atoms with Gasteiger partial charge in [0.25, 0.3) is 10.0 Å². The van der Waals surface area contributed by atoms with E-state index in [4.69, 9.17) is 0 Å². The molecule has 0 heterocycles. The fourth-order valence-electron chi connectivity index (χ4n) is 4.13. The Hall–Kier alpha value is -3.90. The molecule has 4 aromatic carbocycles. The number of nitrogens with zero attached hydrogens (tertiary/aromatic N) is 1. The lowest BCUT2D eigenvalue weighted by Crippen LogP contribution is -2.42. The van der Waals surface area contributed by atoms with E-state index in [1.54, 1.807) is 30.3 Å². The van der Waals surface area contributed by atoms with Crippen LogP contribution in [-0.2, 0) is 14.8 Å². The number of hydrogen-bond donors (Lipinski definition) is 1. The fourth-order valence-corrected chi connectivity index (χ4v) is 5.55. The zero-order chi connectivity index (χ0) is 26.6. The van der Waals surface area contributed by atoms with Crippen LogP contribution in [0.3, 0.4) is 0 Å². The molecular weight excluding hydrogens is 480 g/mol. The standard InChI is InChI=1S/C31H32N2O3S/c1-22-10-15-27(16-11-22)31(26-8-6-5-7-9-26)32-30(34)21-33(28-17-14-24(3)25(4)20-28)37(35,36)29-18-12-23(2)13-19-29/h5-20,31H,21H2,1-4H3,(H,32,34)/t31-/m1/s1. The van der Waals surface area contributed by atoms with Crippen LogP contribution in [0.15, 0.2) is 102 Å². The number of anilines is 1. The van der Waals surface area contributed by atoms with Crippen LogP contribution >= 0.6 is 0 Å². The second kappa shape index (κ2) is 11.0. The van der Waals surface area contributed by atoms with Crippen molar-refractivity contribution in [1.29, 1.82) is 0 Å². The number of sulfonamides is 1. The molecule has 4 aromatic rings. The van der Waals surface area contributed by atoms with Crippen LogP contribution in [0.2, 0.25) is 0 Å². The van der Waals surface area contributed by atoms with Gasteiger partial charge in [-0.2, -0.15) is 0 Å². The Bertz CT molecular complexity index is 1480. The Balaban J connectivity index is 1.70. The summed E-state index contributed by atoms with van der Waals surface area (Å²) in [6.45, 7) is 7.46. The third kappa shape index (κ3) is 6.09. The molecule has 0 saturated carbocycles. The quantitative estimate of drug-likeness (QED) is 0.314. The lowest BCUT2D eigenvalue weighted by molar-refractivity contribution is -0.120. The third-order valence-corrected chi connectivity index (χ3v) is 8.31.